The molecule has 0 saturated carbocycles. The Morgan fingerprint density at radius 2 is 1.96 bits per heavy atom. The van der Waals surface area contributed by atoms with Crippen LogP contribution in [0.4, 0.5) is 0 Å². The molecule has 2 aromatic rings. The van der Waals surface area contributed by atoms with E-state index in [0.29, 0.717) is 6.79 Å². The molecule has 0 radical (unpaired) electrons. The molecule has 4 rings (SSSR count). The Bertz CT molecular complexity index is 742. The van der Waals surface area contributed by atoms with Gasteiger partial charge in [-0.25, -0.2) is 0 Å². The van der Waals surface area contributed by atoms with Crippen LogP contribution >= 0.6 is 0 Å². The van der Waals surface area contributed by atoms with E-state index in [9.17, 15) is 0 Å². The Hall–Kier alpha value is -2.40. The van der Waals surface area contributed by atoms with Crippen LogP contribution in [0.1, 0.15) is 22.7 Å². The highest BCUT2D eigenvalue weighted by Crippen LogP contribution is 2.39. The standard InChI is InChI=1S/C19H21NO4/c1-21-14-9-13-5-6-20-15(19(13)18(10-14)22-2)7-12-3-4-16-17(8-12)24-11-23-16/h3-4,8-10,15,20H,5-7,11H2,1-2H3. The van der Waals surface area contributed by atoms with Crippen molar-refractivity contribution in [2.45, 2.75) is 18.9 Å². The van der Waals surface area contributed by atoms with Gasteiger partial charge < -0.3 is 24.3 Å². The van der Waals surface area contributed by atoms with Crippen molar-refractivity contribution >= 4 is 0 Å². The molecule has 2 aliphatic heterocycles. The van der Waals surface area contributed by atoms with Crippen molar-refractivity contribution in [2.75, 3.05) is 27.6 Å². The molecule has 0 bridgehead atoms. The molecule has 5 heteroatoms. The number of fused-ring (bicyclic) bond motifs is 2. The Morgan fingerprint density at radius 3 is 2.79 bits per heavy atom. The van der Waals surface area contributed by atoms with Crippen molar-refractivity contribution in [3.63, 3.8) is 0 Å². The van der Waals surface area contributed by atoms with Gasteiger partial charge in [0, 0.05) is 17.7 Å². The maximum atomic E-state index is 5.63. The van der Waals surface area contributed by atoms with E-state index in [0.717, 1.165) is 42.4 Å². The van der Waals surface area contributed by atoms with E-state index in [1.165, 1.54) is 16.7 Å². The van der Waals surface area contributed by atoms with Crippen LogP contribution < -0.4 is 24.3 Å². The lowest BCUT2D eigenvalue weighted by Crippen LogP contribution is -2.31. The van der Waals surface area contributed by atoms with Gasteiger partial charge in [0.2, 0.25) is 6.79 Å². The quantitative estimate of drug-likeness (QED) is 0.936. The third kappa shape index (κ3) is 2.65. The Labute approximate surface area is 141 Å². The molecule has 2 aliphatic rings. The first-order chi connectivity index (χ1) is 11.8. The fraction of sp³-hybridized carbons (Fsp3) is 0.368. The molecule has 5 nitrogen and oxygen atoms in total. The molecule has 1 unspecified atom stereocenters. The van der Waals surface area contributed by atoms with Crippen LogP contribution in [-0.2, 0) is 12.8 Å². The average Bonchev–Trinajstić information content (AvgIpc) is 3.08. The van der Waals surface area contributed by atoms with Gasteiger partial charge in [0.05, 0.1) is 14.2 Å². The summed E-state index contributed by atoms with van der Waals surface area (Å²) in [5.74, 6) is 3.36. The minimum atomic E-state index is 0.204. The minimum Gasteiger partial charge on any atom is -0.497 e. The van der Waals surface area contributed by atoms with Crippen molar-refractivity contribution in [1.29, 1.82) is 0 Å². The summed E-state index contributed by atoms with van der Waals surface area (Å²) in [5, 5.41) is 3.61. The monoisotopic (exact) mass is 327 g/mol. The molecule has 0 spiro atoms. The molecule has 0 aliphatic carbocycles. The summed E-state index contributed by atoms with van der Waals surface area (Å²) in [4.78, 5) is 0. The molecular formula is C19H21NO4. The summed E-state index contributed by atoms with van der Waals surface area (Å²) in [7, 11) is 3.40. The third-order valence-electron chi connectivity index (χ3n) is 4.67. The smallest absolute Gasteiger partial charge is 0.231 e. The number of hydrogen-bond donors (Lipinski definition) is 1. The first-order valence-corrected chi connectivity index (χ1v) is 8.15. The third-order valence-corrected chi connectivity index (χ3v) is 4.67. The molecule has 0 fully saturated rings. The lowest BCUT2D eigenvalue weighted by Gasteiger charge is -2.29. The van der Waals surface area contributed by atoms with Crippen molar-refractivity contribution in [3.8, 4) is 23.0 Å². The van der Waals surface area contributed by atoms with Crippen LogP contribution in [0.5, 0.6) is 23.0 Å². The topological polar surface area (TPSA) is 49.0 Å². The van der Waals surface area contributed by atoms with Gasteiger partial charge in [0.25, 0.3) is 0 Å². The first-order valence-electron chi connectivity index (χ1n) is 8.15. The van der Waals surface area contributed by atoms with Gasteiger partial charge in [-0.1, -0.05) is 6.07 Å². The predicted molar refractivity (Wildman–Crippen MR) is 90.3 cm³/mol. The van der Waals surface area contributed by atoms with E-state index in [1.807, 2.05) is 12.1 Å². The molecule has 2 aromatic carbocycles. The van der Waals surface area contributed by atoms with Crippen molar-refractivity contribution in [3.05, 3.63) is 47.0 Å². The summed E-state index contributed by atoms with van der Waals surface area (Å²) in [6.45, 7) is 1.25. The lowest BCUT2D eigenvalue weighted by atomic mass is 9.89. The van der Waals surface area contributed by atoms with E-state index >= 15 is 0 Å². The normalized spacial score (nSPS) is 18.2. The predicted octanol–water partition coefficient (Wildman–Crippen LogP) is 2.86. The number of benzene rings is 2. The van der Waals surface area contributed by atoms with Crippen LogP contribution in [0.3, 0.4) is 0 Å². The van der Waals surface area contributed by atoms with E-state index < -0.39 is 0 Å². The van der Waals surface area contributed by atoms with Crippen LogP contribution in [0.2, 0.25) is 0 Å². The van der Waals surface area contributed by atoms with Gasteiger partial charge in [0.15, 0.2) is 11.5 Å². The van der Waals surface area contributed by atoms with Crippen molar-refractivity contribution in [2.24, 2.45) is 0 Å². The van der Waals surface area contributed by atoms with Crippen LogP contribution in [0.15, 0.2) is 30.3 Å². The van der Waals surface area contributed by atoms with Gasteiger partial charge in [-0.05, 0) is 48.7 Å². The molecule has 2 heterocycles. The second-order valence-electron chi connectivity index (χ2n) is 6.05. The highest BCUT2D eigenvalue weighted by atomic mass is 16.7. The molecule has 126 valence electrons. The summed E-state index contributed by atoms with van der Waals surface area (Å²) in [5.41, 5.74) is 3.72. The first kappa shape index (κ1) is 15.1. The van der Waals surface area contributed by atoms with Crippen LogP contribution in [-0.4, -0.2) is 27.6 Å². The Kier molecular flexibility index (Phi) is 3.94. The molecule has 0 saturated heterocycles. The highest BCUT2D eigenvalue weighted by Gasteiger charge is 2.25. The van der Waals surface area contributed by atoms with Gasteiger partial charge in [-0.3, -0.25) is 0 Å². The largest absolute Gasteiger partial charge is 0.497 e. The lowest BCUT2D eigenvalue weighted by molar-refractivity contribution is 0.174. The van der Waals surface area contributed by atoms with Crippen molar-refractivity contribution < 1.29 is 18.9 Å². The summed E-state index contributed by atoms with van der Waals surface area (Å²) in [6, 6.07) is 10.4. The average molecular weight is 327 g/mol. The molecular weight excluding hydrogens is 306 g/mol. The zero-order chi connectivity index (χ0) is 16.5. The summed E-state index contributed by atoms with van der Waals surface area (Å²) < 4.78 is 21.9. The van der Waals surface area contributed by atoms with Gasteiger partial charge in [0.1, 0.15) is 11.5 Å². The SMILES string of the molecule is COc1cc2c(c(OC)c1)C(Cc1ccc3c(c1)OCO3)NCC2. The second kappa shape index (κ2) is 6.24. The van der Waals surface area contributed by atoms with E-state index in [2.05, 4.69) is 23.5 Å². The molecule has 24 heavy (non-hydrogen) atoms. The number of hydrogen-bond acceptors (Lipinski definition) is 5. The number of nitrogens with one attached hydrogen (secondary N) is 1. The van der Waals surface area contributed by atoms with E-state index in [4.69, 9.17) is 18.9 Å². The summed E-state index contributed by atoms with van der Waals surface area (Å²) >= 11 is 0. The Morgan fingerprint density at radius 1 is 1.08 bits per heavy atom. The van der Waals surface area contributed by atoms with Crippen molar-refractivity contribution in [1.82, 2.24) is 5.32 Å². The molecule has 1 N–H and O–H groups in total. The number of rotatable bonds is 4. The van der Waals surface area contributed by atoms with Gasteiger partial charge >= 0.3 is 0 Å². The van der Waals surface area contributed by atoms with E-state index in [-0.39, 0.29) is 6.04 Å². The fourth-order valence-electron chi connectivity index (χ4n) is 3.51. The fourth-order valence-corrected chi connectivity index (χ4v) is 3.51. The molecule has 0 aromatic heterocycles. The maximum absolute atomic E-state index is 5.63. The number of ether oxygens (including phenoxy) is 4. The van der Waals surface area contributed by atoms with Crippen LogP contribution in [0, 0.1) is 0 Å². The molecule has 1 atom stereocenters. The Balaban J connectivity index is 1.66. The molecule has 0 amide bonds. The van der Waals surface area contributed by atoms with Gasteiger partial charge in [-0.15, -0.1) is 0 Å². The summed E-state index contributed by atoms with van der Waals surface area (Å²) in [6.07, 6.45) is 1.84. The maximum Gasteiger partial charge on any atom is 0.231 e. The van der Waals surface area contributed by atoms with Gasteiger partial charge in [-0.2, -0.15) is 0 Å². The zero-order valence-electron chi connectivity index (χ0n) is 13.9. The van der Waals surface area contributed by atoms with Crippen LogP contribution in [0.25, 0.3) is 0 Å². The minimum absolute atomic E-state index is 0.204. The van der Waals surface area contributed by atoms with E-state index in [1.54, 1.807) is 14.2 Å². The second-order valence-corrected chi connectivity index (χ2v) is 6.05. The highest BCUT2D eigenvalue weighted by molar-refractivity contribution is 5.51. The zero-order valence-corrected chi connectivity index (χ0v) is 13.9. The number of methoxy groups -OCH3 is 2.